The van der Waals surface area contributed by atoms with Crippen molar-refractivity contribution >= 4 is 27.2 Å². The number of nitriles is 1. The van der Waals surface area contributed by atoms with Gasteiger partial charge in [-0.1, -0.05) is 28.1 Å². The van der Waals surface area contributed by atoms with Crippen LogP contribution in [0.3, 0.4) is 0 Å². The van der Waals surface area contributed by atoms with Crippen LogP contribution < -0.4 is 4.74 Å². The smallest absolute Gasteiger partial charge is 0.138 e. The second-order valence-electron chi connectivity index (χ2n) is 8.02. The summed E-state index contributed by atoms with van der Waals surface area (Å²) in [5.41, 5.74) is 6.35. The van der Waals surface area contributed by atoms with Crippen LogP contribution in [-0.4, -0.2) is 14.5 Å². The molecule has 33 heavy (non-hydrogen) atoms. The number of fused-ring (bicyclic) bond motifs is 3. The Morgan fingerprint density at radius 3 is 2.79 bits per heavy atom. The number of aryl methyl sites for hydroxylation is 1. The maximum atomic E-state index is 13.9. The van der Waals surface area contributed by atoms with Crippen molar-refractivity contribution < 1.29 is 14.2 Å². The second kappa shape index (κ2) is 8.14. The molecule has 2 aromatic carbocycles. The van der Waals surface area contributed by atoms with Crippen molar-refractivity contribution in [2.24, 2.45) is 0 Å². The minimum absolute atomic E-state index is 0.188. The van der Waals surface area contributed by atoms with Gasteiger partial charge in [-0.2, -0.15) is 5.26 Å². The Morgan fingerprint density at radius 2 is 2.00 bits per heavy atom. The van der Waals surface area contributed by atoms with E-state index in [1.807, 2.05) is 47.9 Å². The minimum Gasteiger partial charge on any atom is -0.488 e. The fourth-order valence-corrected chi connectivity index (χ4v) is 4.70. The number of benzene rings is 2. The number of hydrogen-bond acceptors (Lipinski definition) is 4. The van der Waals surface area contributed by atoms with Crippen molar-refractivity contribution in [3.8, 4) is 11.8 Å². The molecular weight excluding hydrogens is 485 g/mol. The van der Waals surface area contributed by atoms with E-state index in [1.54, 1.807) is 13.0 Å². The Balaban J connectivity index is 1.64. The van der Waals surface area contributed by atoms with Crippen LogP contribution in [-0.2, 0) is 6.61 Å². The number of aromatic nitrogens is 2. The summed E-state index contributed by atoms with van der Waals surface area (Å²) in [6.07, 6.45) is 0.950. The number of aliphatic hydroxyl groups is 1. The molecule has 7 heteroatoms. The highest BCUT2D eigenvalue weighted by Gasteiger charge is 2.25. The number of pyridine rings is 1. The van der Waals surface area contributed by atoms with Crippen molar-refractivity contribution in [2.75, 3.05) is 0 Å². The van der Waals surface area contributed by atoms with Gasteiger partial charge in [0.15, 0.2) is 0 Å². The number of ether oxygens (including phenoxy) is 1. The first-order chi connectivity index (χ1) is 15.9. The summed E-state index contributed by atoms with van der Waals surface area (Å²) in [5, 5.41) is 20.9. The Kier molecular flexibility index (Phi) is 5.28. The lowest BCUT2D eigenvalue weighted by Gasteiger charge is -2.16. The Morgan fingerprint density at radius 1 is 1.21 bits per heavy atom. The van der Waals surface area contributed by atoms with Gasteiger partial charge in [0.25, 0.3) is 0 Å². The molecule has 1 aliphatic heterocycles. The highest BCUT2D eigenvalue weighted by molar-refractivity contribution is 9.10. The molecule has 0 radical (unpaired) electrons. The third-order valence-electron chi connectivity index (χ3n) is 5.92. The van der Waals surface area contributed by atoms with Gasteiger partial charge in [0.05, 0.1) is 17.5 Å². The quantitative estimate of drug-likeness (QED) is 0.347. The zero-order valence-corrected chi connectivity index (χ0v) is 19.5. The van der Waals surface area contributed by atoms with Gasteiger partial charge < -0.3 is 14.2 Å². The molecule has 0 saturated heterocycles. The van der Waals surface area contributed by atoms with Gasteiger partial charge in [0, 0.05) is 33.4 Å². The van der Waals surface area contributed by atoms with Gasteiger partial charge in [0.2, 0.25) is 0 Å². The molecule has 4 aromatic rings. The Bertz CT molecular complexity index is 1500. The molecule has 5 nitrogen and oxygen atoms in total. The third kappa shape index (κ3) is 3.62. The number of hydrogen-bond donors (Lipinski definition) is 1. The van der Waals surface area contributed by atoms with Crippen molar-refractivity contribution in [3.63, 3.8) is 0 Å². The largest absolute Gasteiger partial charge is 0.488 e. The van der Waals surface area contributed by atoms with E-state index in [-0.39, 0.29) is 6.61 Å². The van der Waals surface area contributed by atoms with Crippen molar-refractivity contribution in [2.45, 2.75) is 26.6 Å². The highest BCUT2D eigenvalue weighted by atomic mass is 79.9. The van der Waals surface area contributed by atoms with Gasteiger partial charge in [-0.15, -0.1) is 0 Å². The third-order valence-corrected chi connectivity index (χ3v) is 6.41. The number of aliphatic hydroxyl groups excluding tert-OH is 1. The summed E-state index contributed by atoms with van der Waals surface area (Å²) in [6, 6.07) is 16.0. The molecule has 0 amide bonds. The first kappa shape index (κ1) is 21.4. The fraction of sp³-hybridized carbons (Fsp3) is 0.154. The molecule has 0 aliphatic carbocycles. The van der Waals surface area contributed by atoms with Gasteiger partial charge in [-0.3, -0.25) is 0 Å². The molecular formula is C26H19BrFN3O2. The summed E-state index contributed by atoms with van der Waals surface area (Å²) in [6.45, 7) is 3.79. The average Bonchev–Trinajstić information content (AvgIpc) is 3.03. The van der Waals surface area contributed by atoms with E-state index in [2.05, 4.69) is 27.0 Å². The molecule has 1 aliphatic rings. The van der Waals surface area contributed by atoms with Crippen LogP contribution in [0.4, 0.5) is 4.39 Å². The monoisotopic (exact) mass is 503 g/mol. The first-order valence-electron chi connectivity index (χ1n) is 10.4. The van der Waals surface area contributed by atoms with E-state index in [4.69, 9.17) is 4.74 Å². The minimum atomic E-state index is -0.918. The van der Waals surface area contributed by atoms with Gasteiger partial charge >= 0.3 is 0 Å². The number of halogens is 2. The molecule has 5 rings (SSSR count). The molecule has 164 valence electrons. The molecule has 1 N–H and O–H groups in total. The standard InChI is InChI=1S/C26H19BrFN3O2/c1-14(12-29)24-20-5-3-16(9-17(20)13-33-22-11-19(28)4-6-21(22)24)26(32)25-15(2)30-23-10-18(27)7-8-31(23)25/h3-11,26,32H,13H2,1-2H3/b24-14-. The number of allylic oxidation sites excluding steroid dienone is 1. The highest BCUT2D eigenvalue weighted by Crippen LogP contribution is 2.40. The molecule has 0 saturated carbocycles. The van der Waals surface area contributed by atoms with Crippen molar-refractivity contribution in [3.05, 3.63) is 104 Å². The summed E-state index contributed by atoms with van der Waals surface area (Å²) in [4.78, 5) is 4.57. The number of imidazole rings is 1. The van der Waals surface area contributed by atoms with E-state index in [0.717, 1.165) is 26.9 Å². The van der Waals surface area contributed by atoms with Crippen LogP contribution in [0.5, 0.6) is 5.75 Å². The molecule has 0 fully saturated rings. The zero-order chi connectivity index (χ0) is 23.3. The Labute approximate surface area is 198 Å². The van der Waals surface area contributed by atoms with Gasteiger partial charge in [0.1, 0.15) is 29.9 Å². The summed E-state index contributed by atoms with van der Waals surface area (Å²) < 4.78 is 22.6. The lowest BCUT2D eigenvalue weighted by atomic mass is 9.89. The van der Waals surface area contributed by atoms with Crippen LogP contribution in [0, 0.1) is 24.1 Å². The van der Waals surface area contributed by atoms with Gasteiger partial charge in [-0.05, 0) is 60.9 Å². The molecule has 1 atom stereocenters. The predicted octanol–water partition coefficient (Wildman–Crippen LogP) is 5.86. The second-order valence-corrected chi connectivity index (χ2v) is 8.93. The van der Waals surface area contributed by atoms with E-state index >= 15 is 0 Å². The molecule has 0 bridgehead atoms. The molecule has 1 unspecified atom stereocenters. The first-order valence-corrected chi connectivity index (χ1v) is 11.2. The van der Waals surface area contributed by atoms with Gasteiger partial charge in [-0.25, -0.2) is 9.37 Å². The zero-order valence-electron chi connectivity index (χ0n) is 17.9. The van der Waals surface area contributed by atoms with E-state index in [0.29, 0.717) is 33.7 Å². The van der Waals surface area contributed by atoms with Crippen molar-refractivity contribution in [1.82, 2.24) is 9.38 Å². The topological polar surface area (TPSA) is 70.5 Å². The maximum Gasteiger partial charge on any atom is 0.138 e. The predicted molar refractivity (Wildman–Crippen MR) is 126 cm³/mol. The SMILES string of the molecule is C/C(C#N)=C1\c2ccc(C(O)c3c(C)nc4cc(Br)ccn34)cc2COc2cc(F)ccc21. The number of rotatable bonds is 2. The van der Waals surface area contributed by atoms with Crippen LogP contribution in [0.2, 0.25) is 0 Å². The van der Waals surface area contributed by atoms with E-state index in [1.165, 1.54) is 12.1 Å². The van der Waals surface area contributed by atoms with Crippen LogP contribution in [0.15, 0.2) is 64.8 Å². The van der Waals surface area contributed by atoms with Crippen LogP contribution in [0.25, 0.3) is 11.2 Å². The normalized spacial score (nSPS) is 15.2. The average molecular weight is 504 g/mol. The maximum absolute atomic E-state index is 13.9. The van der Waals surface area contributed by atoms with Crippen LogP contribution in [0.1, 0.15) is 46.7 Å². The molecule has 2 aromatic heterocycles. The summed E-state index contributed by atoms with van der Waals surface area (Å²) in [5.74, 6) is -0.0133. The van der Waals surface area contributed by atoms with E-state index < -0.39 is 11.9 Å². The van der Waals surface area contributed by atoms with Crippen LogP contribution >= 0.6 is 15.9 Å². The van der Waals surface area contributed by atoms with Crippen molar-refractivity contribution in [1.29, 1.82) is 5.26 Å². The lowest BCUT2D eigenvalue weighted by molar-refractivity contribution is 0.213. The molecule has 0 spiro atoms. The number of nitrogens with zero attached hydrogens (tertiary/aromatic N) is 3. The fourth-order valence-electron chi connectivity index (χ4n) is 4.37. The molecule has 3 heterocycles. The lowest BCUT2D eigenvalue weighted by Crippen LogP contribution is -2.07. The Hall–Kier alpha value is -3.47. The summed E-state index contributed by atoms with van der Waals surface area (Å²) in [7, 11) is 0. The van der Waals surface area contributed by atoms with E-state index in [9.17, 15) is 14.8 Å². The summed E-state index contributed by atoms with van der Waals surface area (Å²) >= 11 is 3.46.